The minimum Gasteiger partial charge on any atom is -0.299 e. The van der Waals surface area contributed by atoms with E-state index in [0.717, 1.165) is 51.3 Å². The third kappa shape index (κ3) is 17.0. The minimum absolute atomic E-state index is 0.225. The van der Waals surface area contributed by atoms with Gasteiger partial charge >= 0.3 is 0 Å². The summed E-state index contributed by atoms with van der Waals surface area (Å²) in [6.45, 7) is 12.6. The summed E-state index contributed by atoms with van der Waals surface area (Å²) < 4.78 is 0. The first kappa shape index (κ1) is 40.9. The normalized spacial score (nSPS) is 11.2. The van der Waals surface area contributed by atoms with Crippen LogP contribution >= 0.6 is 81.7 Å². The lowest BCUT2D eigenvalue weighted by Gasteiger charge is -2.19. The monoisotopic (exact) mass is 729 g/mol. The number of hydrogen-bond acceptors (Lipinski definition) is 6. The molecule has 0 spiro atoms. The standard InChI is InChI=1S/C13H19NS.C11H13Cl2NS.C10H11Cl2NS/c1-10(14)15-9-11-5-7-12(8-6-11)13(2,3)4;1-3-11(14-2)15-7-8-4-5-9(12)6-10(8)13;1-2-10(13)14-6-7-3-4-8(11)5-9(7)12/h5-8,14H,9H2,1-4H3;4-6H,3,7H2,1-2H3;3-5,13H,2,6H2,1H3. The molecule has 0 bridgehead atoms. The highest BCUT2D eigenvalue weighted by Crippen LogP contribution is 2.27. The van der Waals surface area contributed by atoms with Crippen molar-refractivity contribution in [3.05, 3.63) is 103 Å². The molecule has 0 aromatic heterocycles. The average molecular weight is 732 g/mol. The van der Waals surface area contributed by atoms with Crippen molar-refractivity contribution in [1.29, 1.82) is 10.8 Å². The van der Waals surface area contributed by atoms with Crippen molar-refractivity contribution in [1.82, 2.24) is 0 Å². The van der Waals surface area contributed by atoms with Crippen LogP contribution in [0.25, 0.3) is 0 Å². The number of nitrogens with zero attached hydrogens (tertiary/aromatic N) is 1. The fourth-order valence-corrected chi connectivity index (χ4v) is 6.70. The van der Waals surface area contributed by atoms with Crippen LogP contribution < -0.4 is 0 Å². The van der Waals surface area contributed by atoms with Gasteiger partial charge in [-0.1, -0.05) is 117 Å². The van der Waals surface area contributed by atoms with Crippen LogP contribution in [-0.4, -0.2) is 22.2 Å². The van der Waals surface area contributed by atoms with E-state index in [2.05, 4.69) is 57.0 Å². The van der Waals surface area contributed by atoms with Gasteiger partial charge in [0, 0.05) is 44.4 Å². The van der Waals surface area contributed by atoms with Gasteiger partial charge in [-0.25, -0.2) is 0 Å². The molecule has 3 nitrogen and oxygen atoms in total. The van der Waals surface area contributed by atoms with E-state index < -0.39 is 0 Å². The van der Waals surface area contributed by atoms with E-state index in [-0.39, 0.29) is 5.41 Å². The number of hydrogen-bond donors (Lipinski definition) is 2. The molecule has 0 radical (unpaired) electrons. The lowest BCUT2D eigenvalue weighted by Crippen LogP contribution is -2.10. The van der Waals surface area contributed by atoms with Crippen LogP contribution in [0.3, 0.4) is 0 Å². The Balaban J connectivity index is 0.000000330. The van der Waals surface area contributed by atoms with Gasteiger partial charge in [-0.15, -0.1) is 35.3 Å². The van der Waals surface area contributed by atoms with Crippen LogP contribution in [0.5, 0.6) is 0 Å². The van der Waals surface area contributed by atoms with E-state index in [0.29, 0.717) is 25.2 Å². The van der Waals surface area contributed by atoms with Gasteiger partial charge in [0.25, 0.3) is 0 Å². The number of aliphatic imine (C=N–C) groups is 1. The maximum Gasteiger partial charge on any atom is 0.0672 e. The second kappa shape index (κ2) is 21.6. The zero-order valence-corrected chi connectivity index (χ0v) is 32.0. The summed E-state index contributed by atoms with van der Waals surface area (Å²) in [5.74, 6) is 2.49. The Morgan fingerprint density at radius 2 is 1.20 bits per heavy atom. The number of thioether (sulfide) groups is 3. The van der Waals surface area contributed by atoms with Crippen molar-refractivity contribution < 1.29 is 0 Å². The molecule has 0 saturated carbocycles. The lowest BCUT2D eigenvalue weighted by atomic mass is 9.87. The van der Waals surface area contributed by atoms with E-state index in [1.165, 1.54) is 22.9 Å². The average Bonchev–Trinajstić information content (AvgIpc) is 2.97. The highest BCUT2D eigenvalue weighted by molar-refractivity contribution is 8.13. The minimum atomic E-state index is 0.225. The van der Waals surface area contributed by atoms with Crippen molar-refractivity contribution in [2.75, 3.05) is 7.05 Å². The topological polar surface area (TPSA) is 60.1 Å². The van der Waals surface area contributed by atoms with Crippen LogP contribution in [0.15, 0.2) is 65.7 Å². The van der Waals surface area contributed by atoms with Crippen LogP contribution in [0.1, 0.15) is 76.6 Å². The molecule has 0 aliphatic carbocycles. The Bertz CT molecular complexity index is 1370. The second-order valence-electron chi connectivity index (χ2n) is 10.6. The molecular weight excluding hydrogens is 688 g/mol. The molecular formula is C34H43Cl4N3S3. The highest BCUT2D eigenvalue weighted by Gasteiger charge is 2.12. The molecule has 0 amide bonds. The molecule has 0 aliphatic heterocycles. The smallest absolute Gasteiger partial charge is 0.0672 e. The van der Waals surface area contributed by atoms with Gasteiger partial charge in [-0.05, 0) is 71.7 Å². The predicted molar refractivity (Wildman–Crippen MR) is 207 cm³/mol. The van der Waals surface area contributed by atoms with Gasteiger partial charge in [0.05, 0.1) is 15.1 Å². The van der Waals surface area contributed by atoms with Gasteiger partial charge in [0.1, 0.15) is 0 Å². The summed E-state index contributed by atoms with van der Waals surface area (Å²) in [7, 11) is 1.81. The Kier molecular flexibility index (Phi) is 20.1. The Hall–Kier alpha value is -1.12. The molecule has 3 aromatic carbocycles. The lowest BCUT2D eigenvalue weighted by molar-refractivity contribution is 0.590. The molecule has 3 rings (SSSR count). The fourth-order valence-electron chi connectivity index (χ4n) is 3.32. The maximum absolute atomic E-state index is 7.49. The van der Waals surface area contributed by atoms with Gasteiger partial charge in [-0.3, -0.25) is 15.8 Å². The Morgan fingerprint density at radius 3 is 1.59 bits per heavy atom. The molecule has 0 atom stereocenters. The van der Waals surface area contributed by atoms with Crippen LogP contribution in [-0.2, 0) is 22.7 Å². The third-order valence-corrected chi connectivity index (χ3v) is 10.4. The summed E-state index contributed by atoms with van der Waals surface area (Å²) in [6, 6.07) is 19.7. The van der Waals surface area contributed by atoms with E-state index in [9.17, 15) is 0 Å². The summed E-state index contributed by atoms with van der Waals surface area (Å²) in [4.78, 5) is 4.18. The third-order valence-electron chi connectivity index (χ3n) is 5.97. The van der Waals surface area contributed by atoms with E-state index in [4.69, 9.17) is 57.2 Å². The predicted octanol–water partition coefficient (Wildman–Crippen LogP) is 13.5. The Labute approximate surface area is 297 Å². The molecule has 2 N–H and O–H groups in total. The second-order valence-corrected chi connectivity index (χ2v) is 15.6. The van der Waals surface area contributed by atoms with E-state index in [1.54, 1.807) is 35.7 Å². The van der Waals surface area contributed by atoms with Crippen molar-refractivity contribution >= 4 is 96.8 Å². The highest BCUT2D eigenvalue weighted by atomic mass is 35.5. The number of benzene rings is 3. The van der Waals surface area contributed by atoms with Crippen molar-refractivity contribution in [2.24, 2.45) is 4.99 Å². The maximum atomic E-state index is 7.49. The van der Waals surface area contributed by atoms with Gasteiger partial charge in [0.15, 0.2) is 0 Å². The molecule has 0 saturated heterocycles. The van der Waals surface area contributed by atoms with Crippen molar-refractivity contribution in [2.45, 2.75) is 77.1 Å². The summed E-state index contributed by atoms with van der Waals surface area (Å²) >= 11 is 28.4. The number of nitrogens with one attached hydrogen (secondary N) is 2. The zero-order valence-electron chi connectivity index (χ0n) is 26.5. The number of rotatable bonds is 8. The molecule has 0 heterocycles. The summed E-state index contributed by atoms with van der Waals surface area (Å²) in [5, 5.41) is 20.1. The first-order valence-electron chi connectivity index (χ1n) is 14.1. The molecule has 3 aromatic rings. The molecule has 0 fully saturated rings. The largest absolute Gasteiger partial charge is 0.299 e. The van der Waals surface area contributed by atoms with Crippen molar-refractivity contribution in [3.8, 4) is 0 Å². The molecule has 10 heteroatoms. The summed E-state index contributed by atoms with van der Waals surface area (Å²) in [6.07, 6.45) is 1.74. The first-order chi connectivity index (χ1) is 20.7. The fraction of sp³-hybridized carbons (Fsp3) is 0.382. The molecule has 0 aliphatic rings. The van der Waals surface area contributed by atoms with E-state index in [1.807, 2.05) is 45.2 Å². The quantitative estimate of drug-likeness (QED) is 0.179. The van der Waals surface area contributed by atoms with Crippen LogP contribution in [0, 0.1) is 10.8 Å². The molecule has 44 heavy (non-hydrogen) atoms. The number of halogens is 4. The Morgan fingerprint density at radius 1 is 0.705 bits per heavy atom. The van der Waals surface area contributed by atoms with Gasteiger partial charge < -0.3 is 0 Å². The SMILES string of the molecule is CC(=N)SCc1ccc(C(C)(C)C)cc1.CCC(=N)SCc1ccc(Cl)cc1Cl.CCC(=NC)SCc1ccc(Cl)cc1Cl. The summed E-state index contributed by atoms with van der Waals surface area (Å²) in [5.41, 5.74) is 5.01. The first-order valence-corrected chi connectivity index (χ1v) is 18.6. The van der Waals surface area contributed by atoms with Gasteiger partial charge in [0.2, 0.25) is 0 Å². The van der Waals surface area contributed by atoms with Gasteiger partial charge in [-0.2, -0.15) is 0 Å². The molecule has 0 unspecified atom stereocenters. The van der Waals surface area contributed by atoms with Crippen LogP contribution in [0.4, 0.5) is 0 Å². The van der Waals surface area contributed by atoms with Crippen LogP contribution in [0.2, 0.25) is 20.1 Å². The molecule has 240 valence electrons. The van der Waals surface area contributed by atoms with Crippen molar-refractivity contribution in [3.63, 3.8) is 0 Å². The van der Waals surface area contributed by atoms with E-state index >= 15 is 0 Å². The zero-order chi connectivity index (χ0) is 33.3.